The molecule has 5 rings (SSSR count). The summed E-state index contributed by atoms with van der Waals surface area (Å²) in [5.41, 5.74) is 1.32. The van der Waals surface area contributed by atoms with Gasteiger partial charge >= 0.3 is 0 Å². The van der Waals surface area contributed by atoms with E-state index in [2.05, 4.69) is 5.32 Å². The fourth-order valence-electron chi connectivity index (χ4n) is 5.53. The minimum atomic E-state index is -1.18. The zero-order valence-electron chi connectivity index (χ0n) is 17.6. The Balaban J connectivity index is 1.60. The molecule has 2 fully saturated rings. The van der Waals surface area contributed by atoms with Crippen molar-refractivity contribution in [2.75, 3.05) is 24.0 Å². The lowest BCUT2D eigenvalue weighted by atomic mass is 9.76. The SMILES string of the molecule is CSCC[C@H]1N[C@@]2(C(=O)N(C)c3ccccc32)[C@@H]2C(=O)N(Cc3ccccc3)C(=O)[C@H]21. The molecule has 0 bridgehead atoms. The van der Waals surface area contributed by atoms with Gasteiger partial charge in [0.25, 0.3) is 5.91 Å². The Hall–Kier alpha value is -2.64. The fourth-order valence-corrected chi connectivity index (χ4v) is 6.02. The number of likely N-dealkylation sites (N-methyl/N-ethyl adjacent to an activating group) is 1. The van der Waals surface area contributed by atoms with Crippen LogP contribution in [0.15, 0.2) is 54.6 Å². The lowest BCUT2D eigenvalue weighted by Crippen LogP contribution is -2.54. The minimum Gasteiger partial charge on any atom is -0.313 e. The maximum absolute atomic E-state index is 13.7. The molecule has 2 saturated heterocycles. The van der Waals surface area contributed by atoms with E-state index in [1.54, 1.807) is 23.7 Å². The Morgan fingerprint density at radius 3 is 2.45 bits per heavy atom. The van der Waals surface area contributed by atoms with Gasteiger partial charge in [-0.15, -0.1) is 0 Å². The summed E-state index contributed by atoms with van der Waals surface area (Å²) in [6, 6.07) is 16.9. The molecule has 0 aliphatic carbocycles. The summed E-state index contributed by atoms with van der Waals surface area (Å²) in [6.45, 7) is 0.239. The van der Waals surface area contributed by atoms with Crippen LogP contribution in [0.1, 0.15) is 17.5 Å². The second-order valence-corrected chi connectivity index (χ2v) is 9.46. The van der Waals surface area contributed by atoms with Crippen LogP contribution in [0.3, 0.4) is 0 Å². The molecule has 3 aliphatic rings. The van der Waals surface area contributed by atoms with Gasteiger partial charge in [-0.1, -0.05) is 48.5 Å². The number of nitrogens with one attached hydrogen (secondary N) is 1. The van der Waals surface area contributed by atoms with Gasteiger partial charge in [-0.25, -0.2) is 0 Å². The number of imide groups is 1. The van der Waals surface area contributed by atoms with E-state index in [1.165, 1.54) is 4.90 Å². The van der Waals surface area contributed by atoms with Crippen LogP contribution in [0.2, 0.25) is 0 Å². The molecule has 6 nitrogen and oxygen atoms in total. The van der Waals surface area contributed by atoms with Crippen LogP contribution in [0.4, 0.5) is 5.69 Å². The summed E-state index contributed by atoms with van der Waals surface area (Å²) in [5.74, 6) is -0.993. The molecule has 2 aromatic rings. The lowest BCUT2D eigenvalue weighted by Gasteiger charge is -2.30. The van der Waals surface area contributed by atoms with E-state index >= 15 is 0 Å². The Morgan fingerprint density at radius 1 is 1.00 bits per heavy atom. The van der Waals surface area contributed by atoms with E-state index in [-0.39, 0.29) is 30.3 Å². The third-order valence-electron chi connectivity index (χ3n) is 6.90. The van der Waals surface area contributed by atoms with Gasteiger partial charge in [0.05, 0.1) is 18.4 Å². The number of fused-ring (bicyclic) bond motifs is 4. The van der Waals surface area contributed by atoms with Gasteiger partial charge in [0.15, 0.2) is 0 Å². The van der Waals surface area contributed by atoms with E-state index in [0.29, 0.717) is 0 Å². The number of nitrogens with zero attached hydrogens (tertiary/aromatic N) is 2. The summed E-state index contributed by atoms with van der Waals surface area (Å²) >= 11 is 1.70. The first-order valence-corrected chi connectivity index (χ1v) is 11.9. The monoisotopic (exact) mass is 435 g/mol. The standard InChI is InChI=1S/C24H25N3O3S/c1-26-18-11-7-6-10-16(18)24(23(26)30)20-19(17(25-24)12-13-31-2)21(28)27(22(20)29)14-15-8-4-3-5-9-15/h3-11,17,19-20,25H,12-14H2,1-2H3/t17-,19+,20+,24-/m1/s1. The van der Waals surface area contributed by atoms with Crippen molar-refractivity contribution in [2.24, 2.45) is 11.8 Å². The number of amides is 3. The van der Waals surface area contributed by atoms with E-state index in [9.17, 15) is 14.4 Å². The number of para-hydroxylation sites is 1. The van der Waals surface area contributed by atoms with Gasteiger partial charge in [-0.3, -0.25) is 24.6 Å². The van der Waals surface area contributed by atoms with Crippen molar-refractivity contribution in [3.05, 3.63) is 65.7 Å². The lowest BCUT2D eigenvalue weighted by molar-refractivity contribution is -0.143. The first-order chi connectivity index (χ1) is 15.0. The Labute approximate surface area is 186 Å². The Morgan fingerprint density at radius 2 is 1.71 bits per heavy atom. The van der Waals surface area contributed by atoms with Gasteiger partial charge < -0.3 is 4.90 Å². The summed E-state index contributed by atoms with van der Waals surface area (Å²) < 4.78 is 0. The number of rotatable bonds is 5. The number of carbonyl (C=O) groups excluding carboxylic acids is 3. The van der Waals surface area contributed by atoms with Crippen LogP contribution in [0, 0.1) is 11.8 Å². The fraction of sp³-hybridized carbons (Fsp3) is 0.375. The molecule has 4 atom stereocenters. The molecule has 1 N–H and O–H groups in total. The van der Waals surface area contributed by atoms with Crippen LogP contribution in [0.5, 0.6) is 0 Å². The molecule has 160 valence electrons. The molecule has 3 amide bonds. The van der Waals surface area contributed by atoms with E-state index < -0.39 is 17.4 Å². The summed E-state index contributed by atoms with van der Waals surface area (Å²) in [4.78, 5) is 43.9. The molecule has 31 heavy (non-hydrogen) atoms. The van der Waals surface area contributed by atoms with Gasteiger partial charge in [-0.2, -0.15) is 11.8 Å². The number of likely N-dealkylation sites (tertiary alicyclic amines) is 1. The number of hydrogen-bond donors (Lipinski definition) is 1. The number of hydrogen-bond acceptors (Lipinski definition) is 5. The van der Waals surface area contributed by atoms with Crippen LogP contribution in [0.25, 0.3) is 0 Å². The smallest absolute Gasteiger partial charge is 0.252 e. The maximum atomic E-state index is 13.7. The molecule has 0 unspecified atom stereocenters. The average molecular weight is 436 g/mol. The predicted molar refractivity (Wildman–Crippen MR) is 120 cm³/mol. The normalized spacial score (nSPS) is 29.2. The van der Waals surface area contributed by atoms with Gasteiger partial charge in [0.2, 0.25) is 11.8 Å². The maximum Gasteiger partial charge on any atom is 0.252 e. The van der Waals surface area contributed by atoms with Crippen molar-refractivity contribution in [1.29, 1.82) is 0 Å². The molecule has 0 saturated carbocycles. The number of carbonyl (C=O) groups is 3. The molecule has 3 heterocycles. The van der Waals surface area contributed by atoms with Crippen LogP contribution < -0.4 is 10.2 Å². The highest BCUT2D eigenvalue weighted by Crippen LogP contribution is 2.54. The summed E-state index contributed by atoms with van der Waals surface area (Å²) in [6.07, 6.45) is 2.75. The van der Waals surface area contributed by atoms with Crippen LogP contribution >= 0.6 is 11.8 Å². The highest BCUT2D eigenvalue weighted by Gasteiger charge is 2.71. The second kappa shape index (κ2) is 7.50. The molecule has 0 radical (unpaired) electrons. The Bertz CT molecular complexity index is 1060. The number of anilines is 1. The summed E-state index contributed by atoms with van der Waals surface area (Å²) in [5, 5.41) is 3.51. The zero-order valence-corrected chi connectivity index (χ0v) is 18.4. The topological polar surface area (TPSA) is 69.7 Å². The van der Waals surface area contributed by atoms with Gasteiger partial charge in [-0.05, 0) is 30.1 Å². The molecule has 3 aliphatic heterocycles. The average Bonchev–Trinajstić information content (AvgIpc) is 3.34. The molecule has 0 aromatic heterocycles. The predicted octanol–water partition coefficient (Wildman–Crippen LogP) is 2.38. The van der Waals surface area contributed by atoms with Crippen molar-refractivity contribution >= 4 is 35.2 Å². The van der Waals surface area contributed by atoms with E-state index in [4.69, 9.17) is 0 Å². The highest BCUT2D eigenvalue weighted by atomic mass is 32.2. The molecular weight excluding hydrogens is 410 g/mol. The van der Waals surface area contributed by atoms with Crippen molar-refractivity contribution < 1.29 is 14.4 Å². The third kappa shape index (κ3) is 2.79. The largest absolute Gasteiger partial charge is 0.313 e. The van der Waals surface area contributed by atoms with E-state index in [1.807, 2.05) is 60.9 Å². The first kappa shape index (κ1) is 20.3. The third-order valence-corrected chi connectivity index (χ3v) is 7.55. The molecular formula is C24H25N3O3S. The van der Waals surface area contributed by atoms with Crippen molar-refractivity contribution in [2.45, 2.75) is 24.5 Å². The Kier molecular flexibility index (Phi) is 4.90. The van der Waals surface area contributed by atoms with Gasteiger partial charge in [0.1, 0.15) is 5.54 Å². The van der Waals surface area contributed by atoms with Gasteiger partial charge in [0, 0.05) is 24.3 Å². The number of thioether (sulfide) groups is 1. The molecule has 7 heteroatoms. The highest BCUT2D eigenvalue weighted by molar-refractivity contribution is 7.98. The van der Waals surface area contributed by atoms with E-state index in [0.717, 1.165) is 29.0 Å². The van der Waals surface area contributed by atoms with Crippen molar-refractivity contribution in [3.63, 3.8) is 0 Å². The van der Waals surface area contributed by atoms with Crippen LogP contribution in [-0.4, -0.2) is 47.7 Å². The van der Waals surface area contributed by atoms with Crippen molar-refractivity contribution in [1.82, 2.24) is 10.2 Å². The second-order valence-electron chi connectivity index (χ2n) is 8.47. The summed E-state index contributed by atoms with van der Waals surface area (Å²) in [7, 11) is 1.74. The zero-order chi connectivity index (χ0) is 21.8. The minimum absolute atomic E-state index is 0.155. The first-order valence-electron chi connectivity index (χ1n) is 10.5. The molecule has 2 aromatic carbocycles. The molecule has 1 spiro atoms. The quantitative estimate of drug-likeness (QED) is 0.731. The number of benzene rings is 2. The van der Waals surface area contributed by atoms with Crippen molar-refractivity contribution in [3.8, 4) is 0 Å². The van der Waals surface area contributed by atoms with Crippen LogP contribution in [-0.2, 0) is 26.5 Å².